The van der Waals surface area contributed by atoms with E-state index in [0.717, 1.165) is 0 Å². The molecule has 2 amide bonds. The molecule has 1 N–H and O–H groups in total. The second kappa shape index (κ2) is 2.44. The molecule has 0 aromatic heterocycles. The SMILES string of the molecule is O=C1NCC(=O)N2CC=NC=C12. The predicted octanol–water partition coefficient (Wildman–Crippen LogP) is -1.13. The van der Waals surface area contributed by atoms with E-state index in [1.165, 1.54) is 11.1 Å². The highest BCUT2D eigenvalue weighted by Crippen LogP contribution is 2.11. The molecular weight excluding hydrogens is 158 g/mol. The number of piperazine rings is 1. The Hall–Kier alpha value is -1.65. The summed E-state index contributed by atoms with van der Waals surface area (Å²) in [5.41, 5.74) is 0.341. The van der Waals surface area contributed by atoms with Crippen LogP contribution < -0.4 is 5.32 Å². The van der Waals surface area contributed by atoms with Crippen LogP contribution in [-0.4, -0.2) is 36.0 Å². The average Bonchev–Trinajstić information content (AvgIpc) is 2.12. The minimum atomic E-state index is -0.230. The van der Waals surface area contributed by atoms with Gasteiger partial charge in [-0.25, -0.2) is 0 Å². The normalized spacial score (nSPS) is 21.7. The molecule has 0 spiro atoms. The van der Waals surface area contributed by atoms with Crippen LogP contribution in [0.1, 0.15) is 0 Å². The van der Waals surface area contributed by atoms with Gasteiger partial charge < -0.3 is 5.32 Å². The van der Waals surface area contributed by atoms with E-state index in [9.17, 15) is 9.59 Å². The number of nitrogens with one attached hydrogen (secondary N) is 1. The Morgan fingerprint density at radius 2 is 2.33 bits per heavy atom. The number of carbonyl (C=O) groups is 2. The quantitative estimate of drug-likeness (QED) is 0.493. The maximum atomic E-state index is 11.2. The van der Waals surface area contributed by atoms with Crippen molar-refractivity contribution in [3.63, 3.8) is 0 Å². The lowest BCUT2D eigenvalue weighted by atomic mass is 10.2. The van der Waals surface area contributed by atoms with E-state index in [2.05, 4.69) is 10.3 Å². The third-order valence-electron chi connectivity index (χ3n) is 1.79. The zero-order chi connectivity index (χ0) is 8.55. The summed E-state index contributed by atoms with van der Waals surface area (Å²) in [6.07, 6.45) is 3.00. The highest BCUT2D eigenvalue weighted by atomic mass is 16.2. The molecule has 0 bridgehead atoms. The smallest absolute Gasteiger partial charge is 0.270 e. The zero-order valence-corrected chi connectivity index (χ0v) is 6.28. The van der Waals surface area contributed by atoms with E-state index in [4.69, 9.17) is 0 Å². The number of hydrogen-bond acceptors (Lipinski definition) is 3. The van der Waals surface area contributed by atoms with Crippen LogP contribution in [0.25, 0.3) is 0 Å². The number of amides is 2. The highest BCUT2D eigenvalue weighted by molar-refractivity contribution is 6.04. The largest absolute Gasteiger partial charge is 0.342 e. The van der Waals surface area contributed by atoms with E-state index in [-0.39, 0.29) is 18.4 Å². The van der Waals surface area contributed by atoms with Crippen LogP contribution in [0.5, 0.6) is 0 Å². The lowest BCUT2D eigenvalue weighted by Gasteiger charge is -2.28. The third-order valence-corrected chi connectivity index (χ3v) is 1.79. The summed E-state index contributed by atoms with van der Waals surface area (Å²) in [6.45, 7) is 0.488. The van der Waals surface area contributed by atoms with E-state index < -0.39 is 0 Å². The van der Waals surface area contributed by atoms with Gasteiger partial charge >= 0.3 is 0 Å². The molecule has 0 radical (unpaired) electrons. The van der Waals surface area contributed by atoms with Crippen LogP contribution >= 0.6 is 0 Å². The summed E-state index contributed by atoms with van der Waals surface area (Å²) in [4.78, 5) is 27.5. The fraction of sp³-hybridized carbons (Fsp3) is 0.286. The van der Waals surface area contributed by atoms with Crippen molar-refractivity contribution in [2.24, 2.45) is 4.99 Å². The Labute approximate surface area is 68.8 Å². The van der Waals surface area contributed by atoms with Crippen molar-refractivity contribution in [3.05, 3.63) is 11.9 Å². The molecule has 0 unspecified atom stereocenters. The first-order chi connectivity index (χ1) is 5.79. The van der Waals surface area contributed by atoms with E-state index in [1.54, 1.807) is 6.21 Å². The van der Waals surface area contributed by atoms with Crippen molar-refractivity contribution in [2.75, 3.05) is 13.1 Å². The summed E-state index contributed by atoms with van der Waals surface area (Å²) in [6, 6.07) is 0. The van der Waals surface area contributed by atoms with Crippen molar-refractivity contribution in [1.82, 2.24) is 10.2 Å². The topological polar surface area (TPSA) is 61.8 Å². The molecule has 2 aliphatic rings. The Morgan fingerprint density at radius 1 is 1.50 bits per heavy atom. The van der Waals surface area contributed by atoms with Crippen molar-refractivity contribution < 1.29 is 9.59 Å². The van der Waals surface area contributed by atoms with Gasteiger partial charge in [0.15, 0.2) is 0 Å². The molecular formula is C7H7N3O2. The van der Waals surface area contributed by atoms with Crippen LogP contribution in [0.4, 0.5) is 0 Å². The maximum Gasteiger partial charge on any atom is 0.270 e. The molecule has 0 aromatic carbocycles. The third kappa shape index (κ3) is 0.903. The molecule has 12 heavy (non-hydrogen) atoms. The van der Waals surface area contributed by atoms with E-state index in [1.807, 2.05) is 0 Å². The predicted molar refractivity (Wildman–Crippen MR) is 41.3 cm³/mol. The molecule has 1 saturated heterocycles. The lowest BCUT2D eigenvalue weighted by Crippen LogP contribution is -2.50. The summed E-state index contributed by atoms with van der Waals surface area (Å²) in [5, 5.41) is 2.46. The highest BCUT2D eigenvalue weighted by Gasteiger charge is 2.29. The summed E-state index contributed by atoms with van der Waals surface area (Å²) in [5.74, 6) is -0.321. The Morgan fingerprint density at radius 3 is 3.08 bits per heavy atom. The molecule has 2 heterocycles. The summed E-state index contributed by atoms with van der Waals surface area (Å²) in [7, 11) is 0. The Balaban J connectivity index is 2.35. The molecule has 2 aliphatic heterocycles. The molecule has 0 saturated carbocycles. The summed E-state index contributed by atoms with van der Waals surface area (Å²) < 4.78 is 0. The number of carbonyl (C=O) groups excluding carboxylic acids is 2. The fourth-order valence-electron chi connectivity index (χ4n) is 1.18. The van der Waals surface area contributed by atoms with Crippen molar-refractivity contribution in [3.8, 4) is 0 Å². The molecule has 62 valence electrons. The van der Waals surface area contributed by atoms with Crippen LogP contribution in [-0.2, 0) is 9.59 Å². The molecule has 5 nitrogen and oxygen atoms in total. The monoisotopic (exact) mass is 165 g/mol. The van der Waals surface area contributed by atoms with Gasteiger partial charge in [-0.1, -0.05) is 0 Å². The van der Waals surface area contributed by atoms with Crippen LogP contribution in [0.15, 0.2) is 16.9 Å². The first kappa shape index (κ1) is 7.02. The lowest BCUT2D eigenvalue weighted by molar-refractivity contribution is -0.135. The summed E-state index contributed by atoms with van der Waals surface area (Å²) >= 11 is 0. The van der Waals surface area contributed by atoms with Crippen molar-refractivity contribution in [2.45, 2.75) is 0 Å². The zero-order valence-electron chi connectivity index (χ0n) is 6.28. The number of aliphatic imine (C=N–C) groups is 1. The van der Waals surface area contributed by atoms with Crippen molar-refractivity contribution in [1.29, 1.82) is 0 Å². The first-order valence-electron chi connectivity index (χ1n) is 3.59. The number of hydrogen-bond donors (Lipinski definition) is 1. The number of nitrogens with zero attached hydrogens (tertiary/aromatic N) is 2. The van der Waals surface area contributed by atoms with Gasteiger partial charge in [-0.05, 0) is 0 Å². The molecule has 0 atom stereocenters. The van der Waals surface area contributed by atoms with Gasteiger partial charge in [0.05, 0.1) is 19.3 Å². The number of rotatable bonds is 0. The maximum absolute atomic E-state index is 11.2. The van der Waals surface area contributed by atoms with Gasteiger partial charge in [0.2, 0.25) is 5.91 Å². The van der Waals surface area contributed by atoms with Gasteiger partial charge in [-0.3, -0.25) is 19.5 Å². The van der Waals surface area contributed by atoms with Gasteiger partial charge in [0, 0.05) is 6.21 Å². The fourth-order valence-corrected chi connectivity index (χ4v) is 1.18. The van der Waals surface area contributed by atoms with Gasteiger partial charge in [-0.2, -0.15) is 0 Å². The van der Waals surface area contributed by atoms with E-state index >= 15 is 0 Å². The van der Waals surface area contributed by atoms with Gasteiger partial charge in [-0.15, -0.1) is 0 Å². The molecule has 0 aromatic rings. The van der Waals surface area contributed by atoms with E-state index in [0.29, 0.717) is 12.2 Å². The van der Waals surface area contributed by atoms with Crippen LogP contribution in [0.2, 0.25) is 0 Å². The second-order valence-electron chi connectivity index (χ2n) is 2.53. The minimum absolute atomic E-state index is 0.0873. The van der Waals surface area contributed by atoms with Gasteiger partial charge in [0.25, 0.3) is 5.91 Å². The van der Waals surface area contributed by atoms with Crippen molar-refractivity contribution >= 4 is 18.0 Å². The van der Waals surface area contributed by atoms with Crippen LogP contribution in [0, 0.1) is 0 Å². The number of fused-ring (bicyclic) bond motifs is 1. The molecule has 2 rings (SSSR count). The molecule has 0 aliphatic carbocycles. The van der Waals surface area contributed by atoms with Gasteiger partial charge in [0.1, 0.15) is 5.70 Å². The van der Waals surface area contributed by atoms with Crippen LogP contribution in [0.3, 0.4) is 0 Å². The Bertz CT molecular complexity index is 306. The average molecular weight is 165 g/mol. The standard InChI is InChI=1S/C7H7N3O2/c11-6-4-9-7(12)5-3-8-1-2-10(5)6/h1,3H,2,4H2,(H,9,12). The minimum Gasteiger partial charge on any atom is -0.342 e. The molecule has 5 heteroatoms. The molecule has 1 fully saturated rings. The Kier molecular flexibility index (Phi) is 1.43. The second-order valence-corrected chi connectivity index (χ2v) is 2.53. The first-order valence-corrected chi connectivity index (χ1v) is 3.59.